The molecule has 1 atom stereocenters. The topological polar surface area (TPSA) is 41.1 Å². The van der Waals surface area contributed by atoms with E-state index in [1.165, 1.54) is 16.3 Å². The van der Waals surface area contributed by atoms with Crippen LogP contribution in [-0.4, -0.2) is 12.5 Å². The summed E-state index contributed by atoms with van der Waals surface area (Å²) in [5, 5.41) is 9.27. The van der Waals surface area contributed by atoms with E-state index in [-0.39, 0.29) is 18.0 Å². The Bertz CT molecular complexity index is 1370. The van der Waals surface area contributed by atoms with Gasteiger partial charge in [-0.05, 0) is 54.3 Å². The van der Waals surface area contributed by atoms with Gasteiger partial charge in [0.15, 0.2) is 0 Å². The second kappa shape index (κ2) is 12.2. The standard InChI is InChI=1S/C34H34N2O/c1-26(30-23-15-21-27-16-11-12-22-31(27)30)35-25-14-6-13-24-34(2,3)33(37)36-32(28-17-7-4-8-18-28)29-19-9-5-10-20-29/h4-12,14-23,26,32,35H,25H2,1-3H3,(H,36,37)/b14-6+/t26-/m1/s1. The molecule has 0 spiro atoms. The first-order valence-corrected chi connectivity index (χ1v) is 12.8. The molecule has 37 heavy (non-hydrogen) atoms. The van der Waals surface area contributed by atoms with Crippen molar-refractivity contribution in [3.05, 3.63) is 132 Å². The average molecular weight is 487 g/mol. The Morgan fingerprint density at radius 2 is 1.43 bits per heavy atom. The molecule has 4 rings (SSSR count). The van der Waals surface area contributed by atoms with Gasteiger partial charge in [-0.15, -0.1) is 0 Å². The van der Waals surface area contributed by atoms with E-state index in [0.29, 0.717) is 6.54 Å². The first kappa shape index (κ1) is 25.9. The Kier molecular flexibility index (Phi) is 8.56. The zero-order chi connectivity index (χ0) is 26.1. The average Bonchev–Trinajstić information content (AvgIpc) is 2.94. The summed E-state index contributed by atoms with van der Waals surface area (Å²) in [5.41, 5.74) is 2.52. The van der Waals surface area contributed by atoms with E-state index in [0.717, 1.165) is 11.1 Å². The van der Waals surface area contributed by atoms with Crippen molar-refractivity contribution in [1.82, 2.24) is 10.6 Å². The first-order valence-electron chi connectivity index (χ1n) is 12.8. The maximum atomic E-state index is 13.2. The maximum absolute atomic E-state index is 13.2. The number of allylic oxidation sites excluding steroid dienone is 1. The monoisotopic (exact) mass is 486 g/mol. The van der Waals surface area contributed by atoms with Gasteiger partial charge in [-0.2, -0.15) is 0 Å². The number of benzene rings is 4. The molecule has 0 unspecified atom stereocenters. The van der Waals surface area contributed by atoms with Crippen molar-refractivity contribution in [3.8, 4) is 11.8 Å². The molecule has 3 nitrogen and oxygen atoms in total. The predicted molar refractivity (Wildman–Crippen MR) is 154 cm³/mol. The number of carbonyl (C=O) groups is 1. The molecule has 3 heteroatoms. The number of amides is 1. The van der Waals surface area contributed by atoms with E-state index in [4.69, 9.17) is 0 Å². The zero-order valence-electron chi connectivity index (χ0n) is 21.7. The fourth-order valence-electron chi connectivity index (χ4n) is 4.34. The highest BCUT2D eigenvalue weighted by atomic mass is 16.2. The lowest BCUT2D eigenvalue weighted by Crippen LogP contribution is -2.38. The fourth-order valence-corrected chi connectivity index (χ4v) is 4.34. The number of hydrogen-bond acceptors (Lipinski definition) is 2. The van der Waals surface area contributed by atoms with Gasteiger partial charge < -0.3 is 10.6 Å². The minimum Gasteiger partial charge on any atom is -0.344 e. The van der Waals surface area contributed by atoms with E-state index >= 15 is 0 Å². The number of hydrogen-bond donors (Lipinski definition) is 2. The largest absolute Gasteiger partial charge is 0.344 e. The van der Waals surface area contributed by atoms with E-state index in [2.05, 4.69) is 71.9 Å². The minimum atomic E-state index is -0.837. The van der Waals surface area contributed by atoms with Crippen LogP contribution in [0.1, 0.15) is 49.5 Å². The van der Waals surface area contributed by atoms with Crippen LogP contribution in [0.5, 0.6) is 0 Å². The van der Waals surface area contributed by atoms with E-state index in [9.17, 15) is 4.79 Å². The van der Waals surface area contributed by atoms with Gasteiger partial charge in [0.1, 0.15) is 5.41 Å². The first-order chi connectivity index (χ1) is 18.0. The molecule has 0 aliphatic carbocycles. The van der Waals surface area contributed by atoms with Crippen molar-refractivity contribution in [1.29, 1.82) is 0 Å². The molecule has 0 saturated heterocycles. The predicted octanol–water partition coefficient (Wildman–Crippen LogP) is 6.98. The third kappa shape index (κ3) is 6.76. The highest BCUT2D eigenvalue weighted by molar-refractivity contribution is 5.86. The van der Waals surface area contributed by atoms with E-state index in [1.807, 2.05) is 86.7 Å². The third-order valence-electron chi connectivity index (χ3n) is 6.53. The molecule has 4 aromatic rings. The molecule has 2 N–H and O–H groups in total. The summed E-state index contributed by atoms with van der Waals surface area (Å²) < 4.78 is 0. The Labute approximate surface area is 220 Å². The van der Waals surface area contributed by atoms with Crippen molar-refractivity contribution in [2.45, 2.75) is 32.9 Å². The Hall–Kier alpha value is -4.13. The normalized spacial score (nSPS) is 12.3. The van der Waals surface area contributed by atoms with Gasteiger partial charge in [0.05, 0.1) is 6.04 Å². The number of nitrogens with one attached hydrogen (secondary N) is 2. The molecule has 186 valence electrons. The quantitative estimate of drug-likeness (QED) is 0.264. The lowest BCUT2D eigenvalue weighted by atomic mass is 9.91. The number of rotatable bonds is 8. The molecule has 1 amide bonds. The van der Waals surface area contributed by atoms with Crippen LogP contribution in [0.25, 0.3) is 10.8 Å². The van der Waals surface area contributed by atoms with Gasteiger partial charge >= 0.3 is 0 Å². The molecule has 0 aromatic heterocycles. The second-order valence-corrected chi connectivity index (χ2v) is 9.72. The highest BCUT2D eigenvalue weighted by Crippen LogP contribution is 2.25. The van der Waals surface area contributed by atoms with E-state index < -0.39 is 5.41 Å². The van der Waals surface area contributed by atoms with Crippen molar-refractivity contribution in [3.63, 3.8) is 0 Å². The molecule has 0 saturated carbocycles. The molecule has 0 heterocycles. The summed E-state index contributed by atoms with van der Waals surface area (Å²) in [5.74, 6) is 6.10. The fraction of sp³-hybridized carbons (Fsp3) is 0.206. The van der Waals surface area contributed by atoms with Gasteiger partial charge in [0, 0.05) is 12.6 Å². The van der Waals surface area contributed by atoms with Gasteiger partial charge in [0.2, 0.25) is 5.91 Å². The Morgan fingerprint density at radius 1 is 0.838 bits per heavy atom. The van der Waals surface area contributed by atoms with Crippen LogP contribution in [0.2, 0.25) is 0 Å². The molecule has 0 aliphatic heterocycles. The van der Waals surface area contributed by atoms with Crippen molar-refractivity contribution < 1.29 is 4.79 Å². The minimum absolute atomic E-state index is 0.103. The molecule has 0 radical (unpaired) electrons. The van der Waals surface area contributed by atoms with Crippen LogP contribution in [0, 0.1) is 17.3 Å². The summed E-state index contributed by atoms with van der Waals surface area (Å²) in [6, 6.07) is 34.9. The second-order valence-electron chi connectivity index (χ2n) is 9.72. The summed E-state index contributed by atoms with van der Waals surface area (Å²) in [6.45, 7) is 6.58. The van der Waals surface area contributed by atoms with Crippen LogP contribution in [-0.2, 0) is 4.79 Å². The van der Waals surface area contributed by atoms with Crippen LogP contribution >= 0.6 is 0 Å². The van der Waals surface area contributed by atoms with Crippen LogP contribution in [0.15, 0.2) is 115 Å². The highest BCUT2D eigenvalue weighted by Gasteiger charge is 2.28. The number of carbonyl (C=O) groups excluding carboxylic acids is 1. The smallest absolute Gasteiger partial charge is 0.238 e. The zero-order valence-corrected chi connectivity index (χ0v) is 21.7. The lowest BCUT2D eigenvalue weighted by Gasteiger charge is -2.24. The van der Waals surface area contributed by atoms with Crippen molar-refractivity contribution in [2.75, 3.05) is 6.54 Å². The van der Waals surface area contributed by atoms with Gasteiger partial charge in [-0.1, -0.05) is 121 Å². The number of fused-ring (bicyclic) bond motifs is 1. The third-order valence-corrected chi connectivity index (χ3v) is 6.53. The lowest BCUT2D eigenvalue weighted by molar-refractivity contribution is -0.127. The summed E-state index contributed by atoms with van der Waals surface area (Å²) in [4.78, 5) is 13.2. The van der Waals surface area contributed by atoms with Crippen LogP contribution < -0.4 is 10.6 Å². The van der Waals surface area contributed by atoms with Gasteiger partial charge in [-0.25, -0.2) is 0 Å². The van der Waals surface area contributed by atoms with Crippen molar-refractivity contribution >= 4 is 16.7 Å². The van der Waals surface area contributed by atoms with Crippen molar-refractivity contribution in [2.24, 2.45) is 5.41 Å². The summed E-state index contributed by atoms with van der Waals surface area (Å²) >= 11 is 0. The van der Waals surface area contributed by atoms with Gasteiger partial charge in [0.25, 0.3) is 0 Å². The molecule has 4 aromatic carbocycles. The van der Waals surface area contributed by atoms with Gasteiger partial charge in [-0.3, -0.25) is 4.79 Å². The summed E-state index contributed by atoms with van der Waals surface area (Å²) in [6.07, 6.45) is 3.82. The Balaban J connectivity index is 1.37. The maximum Gasteiger partial charge on any atom is 0.238 e. The molecular weight excluding hydrogens is 452 g/mol. The van der Waals surface area contributed by atoms with Crippen LogP contribution in [0.3, 0.4) is 0 Å². The van der Waals surface area contributed by atoms with E-state index in [1.54, 1.807) is 0 Å². The molecule has 0 aliphatic rings. The van der Waals surface area contributed by atoms with Crippen LogP contribution in [0.4, 0.5) is 0 Å². The summed E-state index contributed by atoms with van der Waals surface area (Å²) in [7, 11) is 0. The SMILES string of the molecule is C[C@@H](NC/C=C/C#CC(C)(C)C(=O)NC(c1ccccc1)c1ccccc1)c1cccc2ccccc12. The molecular formula is C34H34N2O. The Morgan fingerprint density at radius 3 is 2.11 bits per heavy atom. The molecule has 0 fully saturated rings. The molecule has 0 bridgehead atoms.